The van der Waals surface area contributed by atoms with E-state index in [1.54, 1.807) is 11.8 Å². The molecule has 0 N–H and O–H groups in total. The van der Waals surface area contributed by atoms with Crippen LogP contribution >= 0.6 is 0 Å². The van der Waals surface area contributed by atoms with Gasteiger partial charge in [0.25, 0.3) is 0 Å². The van der Waals surface area contributed by atoms with Gasteiger partial charge in [-0.2, -0.15) is 0 Å². The number of carbonyl (C=O) groups excluding carboxylic acids is 3. The van der Waals surface area contributed by atoms with Crippen LogP contribution < -0.4 is 0 Å². The zero-order valence-electron chi connectivity index (χ0n) is 11.1. The first-order valence-electron chi connectivity index (χ1n) is 6.50. The summed E-state index contributed by atoms with van der Waals surface area (Å²) in [6.45, 7) is 4.72. The van der Waals surface area contributed by atoms with Gasteiger partial charge in [0.15, 0.2) is 5.78 Å². The van der Waals surface area contributed by atoms with E-state index in [4.69, 9.17) is 4.74 Å². The van der Waals surface area contributed by atoms with Crippen molar-refractivity contribution in [3.63, 3.8) is 0 Å². The average molecular weight is 255 g/mol. The second-order valence-electron chi connectivity index (χ2n) is 4.65. The first kappa shape index (κ1) is 14.7. The van der Waals surface area contributed by atoms with E-state index in [9.17, 15) is 14.4 Å². The maximum absolute atomic E-state index is 11.8. The van der Waals surface area contributed by atoms with Crippen LogP contribution in [0.5, 0.6) is 0 Å². The minimum atomic E-state index is -0.357. The van der Waals surface area contributed by atoms with Crippen LogP contribution in [0, 0.1) is 5.92 Å². The summed E-state index contributed by atoms with van der Waals surface area (Å²) in [5, 5.41) is 0. The second kappa shape index (κ2) is 7.13. The Labute approximate surface area is 107 Å². The number of rotatable bonds is 6. The van der Waals surface area contributed by atoms with Gasteiger partial charge < -0.3 is 9.64 Å². The molecule has 0 aromatic carbocycles. The topological polar surface area (TPSA) is 63.7 Å². The third-order valence-electron chi connectivity index (χ3n) is 3.08. The van der Waals surface area contributed by atoms with E-state index in [-0.39, 0.29) is 43.0 Å². The van der Waals surface area contributed by atoms with E-state index >= 15 is 0 Å². The van der Waals surface area contributed by atoms with Crippen LogP contribution in [0.4, 0.5) is 0 Å². The summed E-state index contributed by atoms with van der Waals surface area (Å²) in [7, 11) is 0. The van der Waals surface area contributed by atoms with Crippen molar-refractivity contribution in [3.05, 3.63) is 0 Å². The molecule has 1 amide bonds. The zero-order valence-corrected chi connectivity index (χ0v) is 11.1. The lowest BCUT2D eigenvalue weighted by molar-refractivity contribution is -0.144. The Morgan fingerprint density at radius 2 is 2.11 bits per heavy atom. The van der Waals surface area contributed by atoms with Gasteiger partial charge in [-0.15, -0.1) is 0 Å². The Balaban J connectivity index is 2.31. The smallest absolute Gasteiger partial charge is 0.306 e. The highest BCUT2D eigenvalue weighted by Gasteiger charge is 2.26. The molecule has 1 heterocycles. The normalized spacial score (nSPS) is 19.8. The molecule has 1 atom stereocenters. The predicted octanol–water partition coefficient (Wildman–Crippen LogP) is 1.16. The molecule has 1 saturated heterocycles. The van der Waals surface area contributed by atoms with Gasteiger partial charge in [-0.05, 0) is 19.8 Å². The van der Waals surface area contributed by atoms with Crippen LogP contribution in [0.3, 0.4) is 0 Å². The third-order valence-corrected chi connectivity index (χ3v) is 3.08. The first-order valence-corrected chi connectivity index (χ1v) is 6.50. The van der Waals surface area contributed by atoms with E-state index in [1.807, 2.05) is 6.92 Å². The molecule has 1 unspecified atom stereocenters. The lowest BCUT2D eigenvalue weighted by Crippen LogP contribution is -2.43. The Bertz CT molecular complexity index is 327. The van der Waals surface area contributed by atoms with Crippen molar-refractivity contribution in [2.45, 2.75) is 39.5 Å². The zero-order chi connectivity index (χ0) is 13.5. The molecular formula is C13H21NO4. The number of amides is 1. The van der Waals surface area contributed by atoms with Gasteiger partial charge in [0.1, 0.15) is 0 Å². The van der Waals surface area contributed by atoms with E-state index in [2.05, 4.69) is 0 Å². The van der Waals surface area contributed by atoms with Crippen LogP contribution in [0.1, 0.15) is 39.5 Å². The van der Waals surface area contributed by atoms with Gasteiger partial charge >= 0.3 is 5.97 Å². The molecule has 1 aliphatic heterocycles. The minimum Gasteiger partial charge on any atom is -0.466 e. The molecule has 0 saturated carbocycles. The Morgan fingerprint density at radius 3 is 2.78 bits per heavy atom. The summed E-state index contributed by atoms with van der Waals surface area (Å²) < 4.78 is 4.75. The Kier molecular flexibility index (Phi) is 5.82. The number of esters is 1. The summed E-state index contributed by atoms with van der Waals surface area (Å²) in [5.41, 5.74) is 0. The molecule has 5 nitrogen and oxygen atoms in total. The third kappa shape index (κ3) is 4.47. The van der Waals surface area contributed by atoms with Crippen molar-refractivity contribution >= 4 is 17.7 Å². The SMILES string of the molecule is CCOC(=O)CCC(=O)CN1CCCC(C)C1=O. The molecule has 18 heavy (non-hydrogen) atoms. The summed E-state index contributed by atoms with van der Waals surface area (Å²) in [6, 6.07) is 0. The van der Waals surface area contributed by atoms with Crippen LogP contribution in [0.25, 0.3) is 0 Å². The minimum absolute atomic E-state index is 0.0107. The monoisotopic (exact) mass is 255 g/mol. The van der Waals surface area contributed by atoms with Gasteiger partial charge in [0.05, 0.1) is 19.6 Å². The van der Waals surface area contributed by atoms with Crippen LogP contribution in [-0.4, -0.2) is 42.3 Å². The van der Waals surface area contributed by atoms with Gasteiger partial charge in [-0.25, -0.2) is 0 Å². The fourth-order valence-corrected chi connectivity index (χ4v) is 2.06. The van der Waals surface area contributed by atoms with E-state index in [0.29, 0.717) is 13.2 Å². The van der Waals surface area contributed by atoms with Gasteiger partial charge in [0.2, 0.25) is 5.91 Å². The largest absolute Gasteiger partial charge is 0.466 e. The van der Waals surface area contributed by atoms with Crippen molar-refractivity contribution in [1.82, 2.24) is 4.90 Å². The highest BCUT2D eigenvalue weighted by molar-refractivity contribution is 5.89. The molecule has 0 aromatic heterocycles. The van der Waals surface area contributed by atoms with E-state index in [1.165, 1.54) is 0 Å². The van der Waals surface area contributed by atoms with Gasteiger partial charge in [-0.3, -0.25) is 14.4 Å². The van der Waals surface area contributed by atoms with Gasteiger partial charge in [0, 0.05) is 18.9 Å². The summed E-state index contributed by atoms with van der Waals surface area (Å²) in [5.74, 6) is -0.378. The lowest BCUT2D eigenvalue weighted by Gasteiger charge is -2.30. The van der Waals surface area contributed by atoms with Crippen molar-refractivity contribution in [2.75, 3.05) is 19.7 Å². The number of ether oxygens (including phenoxy) is 1. The summed E-state index contributed by atoms with van der Waals surface area (Å²) in [4.78, 5) is 36.2. The van der Waals surface area contributed by atoms with E-state index < -0.39 is 0 Å². The number of hydrogen-bond donors (Lipinski definition) is 0. The molecule has 0 radical (unpaired) electrons. The maximum Gasteiger partial charge on any atom is 0.306 e. The van der Waals surface area contributed by atoms with Crippen molar-refractivity contribution in [1.29, 1.82) is 0 Å². The van der Waals surface area contributed by atoms with Crippen molar-refractivity contribution in [2.24, 2.45) is 5.92 Å². The number of hydrogen-bond acceptors (Lipinski definition) is 4. The molecule has 1 fully saturated rings. The number of nitrogens with zero attached hydrogens (tertiary/aromatic N) is 1. The molecular weight excluding hydrogens is 234 g/mol. The van der Waals surface area contributed by atoms with Crippen LogP contribution in [0.15, 0.2) is 0 Å². The number of carbonyl (C=O) groups is 3. The molecule has 0 aliphatic carbocycles. The number of Topliss-reactive ketones (excluding diaryl/α,β-unsaturated/α-hetero) is 1. The van der Waals surface area contributed by atoms with Gasteiger partial charge in [-0.1, -0.05) is 6.92 Å². The molecule has 0 spiro atoms. The second-order valence-corrected chi connectivity index (χ2v) is 4.65. The Morgan fingerprint density at radius 1 is 1.39 bits per heavy atom. The van der Waals surface area contributed by atoms with Crippen LogP contribution in [-0.2, 0) is 19.1 Å². The number of piperidine rings is 1. The molecule has 102 valence electrons. The molecule has 0 bridgehead atoms. The average Bonchev–Trinajstić information content (AvgIpc) is 2.33. The van der Waals surface area contributed by atoms with Crippen molar-refractivity contribution < 1.29 is 19.1 Å². The first-order chi connectivity index (χ1) is 8.54. The molecule has 1 aliphatic rings. The lowest BCUT2D eigenvalue weighted by atomic mass is 9.99. The quantitative estimate of drug-likeness (QED) is 0.668. The Hall–Kier alpha value is -1.39. The fourth-order valence-electron chi connectivity index (χ4n) is 2.06. The van der Waals surface area contributed by atoms with Crippen molar-refractivity contribution in [3.8, 4) is 0 Å². The summed E-state index contributed by atoms with van der Waals surface area (Å²) >= 11 is 0. The summed E-state index contributed by atoms with van der Waals surface area (Å²) in [6.07, 6.45) is 2.09. The molecule has 0 aromatic rings. The highest BCUT2D eigenvalue weighted by atomic mass is 16.5. The maximum atomic E-state index is 11.8. The fraction of sp³-hybridized carbons (Fsp3) is 0.769. The molecule has 1 rings (SSSR count). The molecule has 5 heteroatoms. The predicted molar refractivity (Wildman–Crippen MR) is 65.9 cm³/mol. The number of ketones is 1. The number of likely N-dealkylation sites (tertiary alicyclic amines) is 1. The van der Waals surface area contributed by atoms with Crippen LogP contribution in [0.2, 0.25) is 0 Å². The highest BCUT2D eigenvalue weighted by Crippen LogP contribution is 2.17. The standard InChI is InChI=1S/C13H21NO4/c1-3-18-12(16)7-6-11(15)9-14-8-4-5-10(2)13(14)17/h10H,3-9H2,1-2H3. The van der Waals surface area contributed by atoms with E-state index in [0.717, 1.165) is 12.8 Å².